The lowest BCUT2D eigenvalue weighted by molar-refractivity contribution is -0.144. The van der Waals surface area contributed by atoms with Crippen LogP contribution in [0.2, 0.25) is 0 Å². The Labute approximate surface area is 331 Å². The number of nitrogens with one attached hydrogen (secondary N) is 2. The summed E-state index contributed by atoms with van der Waals surface area (Å²) in [5.74, 6) is -2.06. The second kappa shape index (κ2) is 20.8. The van der Waals surface area contributed by atoms with Crippen LogP contribution in [-0.2, 0) is 40.1 Å². The van der Waals surface area contributed by atoms with E-state index in [9.17, 15) is 27.4 Å². The summed E-state index contributed by atoms with van der Waals surface area (Å²) >= 11 is 0. The van der Waals surface area contributed by atoms with E-state index in [0.717, 1.165) is 43.9 Å². The Balaban J connectivity index is 1.28. The molecule has 0 spiro atoms. The molecule has 0 bridgehead atoms. The van der Waals surface area contributed by atoms with Crippen molar-refractivity contribution in [3.8, 4) is 11.5 Å². The molecule has 1 heterocycles. The molecular formula is C42H56N3O9PS. The van der Waals surface area contributed by atoms with Gasteiger partial charge in [0.1, 0.15) is 33.4 Å². The first-order valence-electron chi connectivity index (χ1n) is 19.8. The lowest BCUT2D eigenvalue weighted by Gasteiger charge is -2.36. The van der Waals surface area contributed by atoms with E-state index in [2.05, 4.69) is 10.6 Å². The number of para-hydroxylation sites is 2. The summed E-state index contributed by atoms with van der Waals surface area (Å²) in [5.41, 5.74) is 1.09. The fourth-order valence-electron chi connectivity index (χ4n) is 7.55. The average Bonchev–Trinajstić information content (AvgIpc) is 3.58. The zero-order valence-electron chi connectivity index (χ0n) is 32.4. The van der Waals surface area contributed by atoms with E-state index in [1.807, 2.05) is 30.3 Å². The van der Waals surface area contributed by atoms with Crippen LogP contribution in [0.5, 0.6) is 11.5 Å². The Morgan fingerprint density at radius 2 is 1.45 bits per heavy atom. The van der Waals surface area contributed by atoms with Gasteiger partial charge in [-0.3, -0.25) is 14.4 Å². The summed E-state index contributed by atoms with van der Waals surface area (Å²) < 4.78 is 57.1. The molecule has 1 aliphatic carbocycles. The molecule has 56 heavy (non-hydrogen) atoms. The summed E-state index contributed by atoms with van der Waals surface area (Å²) in [6.07, 6.45) is 7.15. The number of fused-ring (bicyclic) bond motifs is 1. The van der Waals surface area contributed by atoms with E-state index in [1.165, 1.54) is 0 Å². The maximum absolute atomic E-state index is 14.7. The molecule has 304 valence electrons. The number of rotatable bonds is 21. The second-order valence-corrected chi connectivity index (χ2v) is 19.1. The van der Waals surface area contributed by atoms with Gasteiger partial charge >= 0.3 is 7.60 Å². The van der Waals surface area contributed by atoms with Gasteiger partial charge in [0, 0.05) is 25.3 Å². The summed E-state index contributed by atoms with van der Waals surface area (Å²) in [6.45, 7) is 2.84. The quantitative estimate of drug-likeness (QED) is 0.0851. The number of sulfone groups is 1. The minimum Gasteiger partial charge on any atom is -0.415 e. The van der Waals surface area contributed by atoms with Crippen molar-refractivity contribution >= 4 is 35.2 Å². The van der Waals surface area contributed by atoms with Gasteiger partial charge in [-0.2, -0.15) is 0 Å². The molecule has 0 radical (unpaired) electrons. The molecule has 1 saturated heterocycles. The minimum atomic E-state index is -4.11. The first kappa shape index (κ1) is 42.9. The van der Waals surface area contributed by atoms with Crippen molar-refractivity contribution < 1.29 is 41.2 Å². The van der Waals surface area contributed by atoms with Crippen LogP contribution in [-0.4, -0.2) is 73.6 Å². The number of ether oxygens (including phenoxy) is 1. The summed E-state index contributed by atoms with van der Waals surface area (Å²) in [5, 5.41) is 5.77. The van der Waals surface area contributed by atoms with Crippen molar-refractivity contribution in [3.63, 3.8) is 0 Å². The maximum Gasteiger partial charge on any atom is 0.452 e. The third-order valence-corrected chi connectivity index (χ3v) is 13.6. The zero-order chi connectivity index (χ0) is 40.0. The largest absolute Gasteiger partial charge is 0.452 e. The highest BCUT2D eigenvalue weighted by molar-refractivity contribution is 7.90. The number of nitrogens with zero attached hydrogens (tertiary/aromatic N) is 1. The average molecular weight is 810 g/mol. The van der Waals surface area contributed by atoms with Gasteiger partial charge in [-0.25, -0.2) is 13.0 Å². The zero-order valence-corrected chi connectivity index (χ0v) is 34.1. The molecule has 5 atom stereocenters. The van der Waals surface area contributed by atoms with E-state index in [-0.39, 0.29) is 42.9 Å². The molecule has 3 aromatic rings. The minimum absolute atomic E-state index is 0.0480. The van der Waals surface area contributed by atoms with Crippen LogP contribution in [0, 0.1) is 5.92 Å². The standard InChI is InChI=1S/C42H56N3O9PS/c1-3-40(55(49,53-34-21-10-5-11-22-34)54-35-23-12-6-13-24-35)44-41(47)38-30-33-20-15-16-25-37(33)45(38)42(48)36(27-29-56(2,50)51)43-39(46)26-14-7-17-28-52-31-32-18-8-4-9-19-32/h4-6,8-13,18-19,21-24,33,36-38,40H,3,7,14-17,20,25-31H2,1-2H3,(H,43,46)(H,44,47). The number of amides is 3. The van der Waals surface area contributed by atoms with E-state index >= 15 is 0 Å². The number of unbranched alkanes of at least 4 members (excludes halogenated alkanes) is 2. The molecule has 5 unspecified atom stereocenters. The Kier molecular flexibility index (Phi) is 16.0. The molecular weight excluding hydrogens is 754 g/mol. The molecule has 3 aromatic carbocycles. The third-order valence-electron chi connectivity index (χ3n) is 10.4. The van der Waals surface area contributed by atoms with Crippen molar-refractivity contribution in [1.82, 2.24) is 15.5 Å². The lowest BCUT2D eigenvalue weighted by atomic mass is 9.84. The van der Waals surface area contributed by atoms with Crippen LogP contribution in [0.1, 0.15) is 83.1 Å². The van der Waals surface area contributed by atoms with Gasteiger partial charge in [-0.05, 0) is 80.7 Å². The predicted molar refractivity (Wildman–Crippen MR) is 216 cm³/mol. The highest BCUT2D eigenvalue weighted by atomic mass is 32.2. The fraction of sp³-hybridized carbons (Fsp3) is 0.500. The maximum atomic E-state index is 14.7. The summed E-state index contributed by atoms with van der Waals surface area (Å²) in [7, 11) is -7.59. The van der Waals surface area contributed by atoms with Crippen LogP contribution in [0.15, 0.2) is 91.0 Å². The second-order valence-electron chi connectivity index (χ2n) is 14.8. The van der Waals surface area contributed by atoms with Crippen LogP contribution >= 0.6 is 7.60 Å². The lowest BCUT2D eigenvalue weighted by Crippen LogP contribution is -2.57. The highest BCUT2D eigenvalue weighted by Gasteiger charge is 2.50. The van der Waals surface area contributed by atoms with E-state index in [0.29, 0.717) is 44.0 Å². The Bertz CT molecular complexity index is 1820. The Morgan fingerprint density at radius 3 is 2.05 bits per heavy atom. The SMILES string of the molecule is CCC(NC(=O)C1CC2CCCCC2N1C(=O)C(CCS(C)(=O)=O)NC(=O)CCCCCOCc1ccccc1)P(=O)(Oc1ccccc1)Oc1ccccc1. The number of likely N-dealkylation sites (tertiary alicyclic amines) is 1. The number of hydrogen-bond acceptors (Lipinski definition) is 9. The Hall–Kier alpha value is -4.19. The smallest absolute Gasteiger partial charge is 0.415 e. The van der Waals surface area contributed by atoms with Gasteiger partial charge in [0.25, 0.3) is 0 Å². The molecule has 1 saturated carbocycles. The van der Waals surface area contributed by atoms with Gasteiger partial charge in [-0.15, -0.1) is 0 Å². The van der Waals surface area contributed by atoms with E-state index in [1.54, 1.807) is 72.5 Å². The molecule has 0 aromatic heterocycles. The summed E-state index contributed by atoms with van der Waals surface area (Å²) in [6, 6.07) is 24.8. The Morgan fingerprint density at radius 1 is 0.839 bits per heavy atom. The number of carbonyl (C=O) groups is 3. The van der Waals surface area contributed by atoms with Gasteiger partial charge in [-0.1, -0.05) is 92.9 Å². The molecule has 2 aliphatic rings. The number of benzene rings is 3. The normalized spacial score (nSPS) is 19.3. The molecule has 2 N–H and O–H groups in total. The van der Waals surface area contributed by atoms with Gasteiger partial charge in [0.05, 0.1) is 12.4 Å². The van der Waals surface area contributed by atoms with Crippen LogP contribution in [0.25, 0.3) is 0 Å². The van der Waals surface area contributed by atoms with Gasteiger partial charge in [0.15, 0.2) is 5.78 Å². The summed E-state index contributed by atoms with van der Waals surface area (Å²) in [4.78, 5) is 43.8. The molecule has 12 nitrogen and oxygen atoms in total. The van der Waals surface area contributed by atoms with Crippen LogP contribution in [0.3, 0.4) is 0 Å². The third kappa shape index (κ3) is 12.7. The van der Waals surface area contributed by atoms with E-state index in [4.69, 9.17) is 13.8 Å². The van der Waals surface area contributed by atoms with Crippen LogP contribution < -0.4 is 19.7 Å². The molecule has 3 amide bonds. The monoisotopic (exact) mass is 809 g/mol. The molecule has 2 fully saturated rings. The van der Waals surface area contributed by atoms with Crippen molar-refractivity contribution in [2.24, 2.45) is 5.92 Å². The molecule has 5 rings (SSSR count). The first-order chi connectivity index (χ1) is 27.0. The molecule has 14 heteroatoms. The van der Waals surface area contributed by atoms with Gasteiger partial charge < -0.3 is 29.3 Å². The van der Waals surface area contributed by atoms with E-state index < -0.39 is 47.1 Å². The topological polar surface area (TPSA) is 157 Å². The van der Waals surface area contributed by atoms with Crippen molar-refractivity contribution in [2.75, 3.05) is 18.6 Å². The highest BCUT2D eigenvalue weighted by Crippen LogP contribution is 2.53. The number of carbonyl (C=O) groups excluding carboxylic acids is 3. The first-order valence-corrected chi connectivity index (χ1v) is 23.4. The molecule has 1 aliphatic heterocycles. The van der Waals surface area contributed by atoms with Crippen molar-refractivity contribution in [1.29, 1.82) is 0 Å². The number of hydrogen-bond donors (Lipinski definition) is 2. The fourth-order valence-corrected chi connectivity index (χ4v) is 10.1. The van der Waals surface area contributed by atoms with Gasteiger partial charge in [0.2, 0.25) is 17.7 Å². The predicted octanol–water partition coefficient (Wildman–Crippen LogP) is 7.05. The van der Waals surface area contributed by atoms with Crippen LogP contribution in [0.4, 0.5) is 0 Å². The van der Waals surface area contributed by atoms with Crippen molar-refractivity contribution in [3.05, 3.63) is 96.6 Å². The van der Waals surface area contributed by atoms with Crippen molar-refractivity contribution in [2.45, 2.75) is 108 Å².